The fraction of sp³-hybridized carbons (Fsp3) is 0.240. The number of pyridine rings is 1. The summed E-state index contributed by atoms with van der Waals surface area (Å²) in [5, 5.41) is 8.34. The quantitative estimate of drug-likeness (QED) is 0.496. The van der Waals surface area contributed by atoms with Crippen molar-refractivity contribution in [2.75, 3.05) is 0 Å². The maximum atomic E-state index is 13.3. The molecular formula is C25H25FN4O2. The molecule has 0 saturated carbocycles. The molecule has 7 heteroatoms. The summed E-state index contributed by atoms with van der Waals surface area (Å²) in [7, 11) is 0. The van der Waals surface area contributed by atoms with Gasteiger partial charge in [-0.2, -0.15) is 5.10 Å². The number of benzene rings is 2. The number of nitrogens with zero attached hydrogens (tertiary/aromatic N) is 3. The van der Waals surface area contributed by atoms with Crippen molar-refractivity contribution in [3.63, 3.8) is 0 Å². The van der Waals surface area contributed by atoms with Gasteiger partial charge >= 0.3 is 0 Å². The Kier molecular flexibility index (Phi) is 5.90. The number of fused-ring (bicyclic) bond motifs is 1. The van der Waals surface area contributed by atoms with Crippen LogP contribution in [0.3, 0.4) is 0 Å². The van der Waals surface area contributed by atoms with Gasteiger partial charge in [0.2, 0.25) is 5.91 Å². The standard InChI is InChI=1S/C25H25FN4O2/c1-4-29-25-23(16(2)28-29)21(19-8-6-5-7-9-19)14-22(31)30(25)17(3)24(32)27-15-18-10-12-20(26)13-11-18/h5-14,17H,4,15H2,1-3H3,(H,27,32). The number of hydrogen-bond donors (Lipinski definition) is 1. The average Bonchev–Trinajstić information content (AvgIpc) is 3.14. The highest BCUT2D eigenvalue weighted by atomic mass is 19.1. The molecule has 1 amide bonds. The maximum Gasteiger partial charge on any atom is 0.253 e. The van der Waals surface area contributed by atoms with Crippen molar-refractivity contribution < 1.29 is 9.18 Å². The van der Waals surface area contributed by atoms with E-state index in [2.05, 4.69) is 10.4 Å². The normalized spacial score (nSPS) is 12.1. The van der Waals surface area contributed by atoms with Crippen LogP contribution in [-0.4, -0.2) is 20.3 Å². The van der Waals surface area contributed by atoms with Crippen molar-refractivity contribution in [1.29, 1.82) is 0 Å². The average molecular weight is 432 g/mol. The van der Waals surface area contributed by atoms with Gasteiger partial charge < -0.3 is 5.32 Å². The van der Waals surface area contributed by atoms with E-state index in [9.17, 15) is 14.0 Å². The van der Waals surface area contributed by atoms with Gasteiger partial charge in [0, 0.05) is 24.5 Å². The van der Waals surface area contributed by atoms with E-state index in [1.807, 2.05) is 44.2 Å². The highest BCUT2D eigenvalue weighted by Gasteiger charge is 2.24. The lowest BCUT2D eigenvalue weighted by Gasteiger charge is -2.19. The zero-order chi connectivity index (χ0) is 22.8. The fourth-order valence-electron chi connectivity index (χ4n) is 4.00. The van der Waals surface area contributed by atoms with Crippen LogP contribution in [0.25, 0.3) is 22.2 Å². The summed E-state index contributed by atoms with van der Waals surface area (Å²) >= 11 is 0. The molecule has 4 aromatic rings. The fourth-order valence-corrected chi connectivity index (χ4v) is 4.00. The van der Waals surface area contributed by atoms with E-state index in [4.69, 9.17) is 0 Å². The zero-order valence-electron chi connectivity index (χ0n) is 18.3. The van der Waals surface area contributed by atoms with E-state index in [1.54, 1.807) is 29.8 Å². The van der Waals surface area contributed by atoms with Crippen LogP contribution in [0.2, 0.25) is 0 Å². The Balaban J connectivity index is 1.76. The third-order valence-electron chi connectivity index (χ3n) is 5.63. The Labute approximate surface area is 185 Å². The molecule has 0 aliphatic carbocycles. The third-order valence-corrected chi connectivity index (χ3v) is 5.63. The van der Waals surface area contributed by atoms with Gasteiger partial charge in [0.25, 0.3) is 5.56 Å². The minimum absolute atomic E-state index is 0.246. The molecule has 0 fully saturated rings. The van der Waals surface area contributed by atoms with E-state index in [1.165, 1.54) is 16.7 Å². The lowest BCUT2D eigenvalue weighted by molar-refractivity contribution is -0.124. The zero-order valence-corrected chi connectivity index (χ0v) is 18.3. The molecule has 2 heterocycles. The highest BCUT2D eigenvalue weighted by Crippen LogP contribution is 2.31. The maximum absolute atomic E-state index is 13.3. The largest absolute Gasteiger partial charge is 0.350 e. The van der Waals surface area contributed by atoms with Crippen molar-refractivity contribution in [2.24, 2.45) is 0 Å². The lowest BCUT2D eigenvalue weighted by atomic mass is 10.0. The predicted octanol–water partition coefficient (Wildman–Crippen LogP) is 4.21. The van der Waals surface area contributed by atoms with E-state index in [0.717, 1.165) is 27.8 Å². The molecule has 164 valence electrons. The van der Waals surface area contributed by atoms with Crippen LogP contribution in [-0.2, 0) is 17.9 Å². The number of amides is 1. The van der Waals surface area contributed by atoms with Crippen LogP contribution in [0.4, 0.5) is 4.39 Å². The Bertz CT molecular complexity index is 1320. The summed E-state index contributed by atoms with van der Waals surface area (Å²) in [5.41, 5.74) is 3.66. The first-order valence-electron chi connectivity index (χ1n) is 10.6. The first-order valence-corrected chi connectivity index (χ1v) is 10.6. The summed E-state index contributed by atoms with van der Waals surface area (Å²) in [6.07, 6.45) is 0. The molecule has 0 bridgehead atoms. The molecule has 6 nitrogen and oxygen atoms in total. The number of aromatic nitrogens is 3. The Hall–Kier alpha value is -3.74. The molecule has 2 aromatic heterocycles. The van der Waals surface area contributed by atoms with Gasteiger partial charge in [0.1, 0.15) is 17.5 Å². The molecule has 0 saturated heterocycles. The summed E-state index contributed by atoms with van der Waals surface area (Å²) in [6, 6.07) is 16.5. The van der Waals surface area contributed by atoms with Gasteiger partial charge in [-0.1, -0.05) is 42.5 Å². The van der Waals surface area contributed by atoms with Crippen LogP contribution in [0, 0.1) is 12.7 Å². The number of aryl methyl sites for hydroxylation is 2. The molecular weight excluding hydrogens is 407 g/mol. The molecule has 0 spiro atoms. The molecule has 1 N–H and O–H groups in total. The SMILES string of the molecule is CCn1nc(C)c2c(-c3ccccc3)cc(=O)n(C(C)C(=O)NCc3ccc(F)cc3)c21. The number of nitrogens with one attached hydrogen (secondary N) is 1. The van der Waals surface area contributed by atoms with E-state index in [-0.39, 0.29) is 23.8 Å². The number of hydrogen-bond acceptors (Lipinski definition) is 3. The minimum atomic E-state index is -0.753. The number of halogens is 1. The first kappa shape index (κ1) is 21.5. The number of carbonyl (C=O) groups is 1. The smallest absolute Gasteiger partial charge is 0.253 e. The predicted molar refractivity (Wildman–Crippen MR) is 123 cm³/mol. The molecule has 2 aromatic carbocycles. The first-order chi connectivity index (χ1) is 15.4. The second-order valence-electron chi connectivity index (χ2n) is 7.75. The topological polar surface area (TPSA) is 68.9 Å². The molecule has 1 atom stereocenters. The molecule has 4 rings (SSSR count). The molecule has 32 heavy (non-hydrogen) atoms. The van der Waals surface area contributed by atoms with Gasteiger partial charge in [-0.25, -0.2) is 9.07 Å². The Morgan fingerprint density at radius 3 is 2.47 bits per heavy atom. The molecule has 0 aliphatic heterocycles. The van der Waals surface area contributed by atoms with Crippen molar-refractivity contribution >= 4 is 16.9 Å². The van der Waals surface area contributed by atoms with Crippen LogP contribution in [0.1, 0.15) is 31.1 Å². The monoisotopic (exact) mass is 432 g/mol. The van der Waals surface area contributed by atoms with E-state index >= 15 is 0 Å². The summed E-state index contributed by atoms with van der Waals surface area (Å²) in [4.78, 5) is 26.2. The van der Waals surface area contributed by atoms with Crippen molar-refractivity contribution in [3.05, 3.63) is 88.1 Å². The van der Waals surface area contributed by atoms with Gasteiger partial charge in [-0.05, 0) is 49.6 Å². The Morgan fingerprint density at radius 2 is 1.81 bits per heavy atom. The van der Waals surface area contributed by atoms with Gasteiger partial charge in [-0.3, -0.25) is 14.2 Å². The summed E-state index contributed by atoms with van der Waals surface area (Å²) in [5.74, 6) is -0.629. The Morgan fingerprint density at radius 1 is 1.12 bits per heavy atom. The van der Waals surface area contributed by atoms with Crippen molar-refractivity contribution in [1.82, 2.24) is 19.7 Å². The van der Waals surface area contributed by atoms with Crippen LogP contribution < -0.4 is 10.9 Å². The van der Waals surface area contributed by atoms with Crippen LogP contribution >= 0.6 is 0 Å². The number of carbonyl (C=O) groups excluding carboxylic acids is 1. The highest BCUT2D eigenvalue weighted by molar-refractivity contribution is 5.96. The van der Waals surface area contributed by atoms with Gasteiger partial charge in [0.05, 0.1) is 5.69 Å². The minimum Gasteiger partial charge on any atom is -0.350 e. The van der Waals surface area contributed by atoms with Crippen LogP contribution in [0.15, 0.2) is 65.5 Å². The summed E-state index contributed by atoms with van der Waals surface area (Å²) in [6.45, 7) is 6.37. The van der Waals surface area contributed by atoms with Crippen LogP contribution in [0.5, 0.6) is 0 Å². The molecule has 0 radical (unpaired) electrons. The van der Waals surface area contributed by atoms with Gasteiger partial charge in [0.15, 0.2) is 0 Å². The van der Waals surface area contributed by atoms with E-state index < -0.39 is 6.04 Å². The van der Waals surface area contributed by atoms with Crippen molar-refractivity contribution in [3.8, 4) is 11.1 Å². The second kappa shape index (κ2) is 8.78. The molecule has 1 unspecified atom stereocenters. The second-order valence-corrected chi connectivity index (χ2v) is 7.75. The summed E-state index contributed by atoms with van der Waals surface area (Å²) < 4.78 is 16.4. The lowest BCUT2D eigenvalue weighted by Crippen LogP contribution is -2.36. The number of rotatable bonds is 6. The van der Waals surface area contributed by atoms with E-state index in [0.29, 0.717) is 12.2 Å². The molecule has 0 aliphatic rings. The third kappa shape index (κ3) is 3.93. The van der Waals surface area contributed by atoms with Crippen molar-refractivity contribution in [2.45, 2.75) is 39.9 Å². The van der Waals surface area contributed by atoms with Gasteiger partial charge in [-0.15, -0.1) is 0 Å².